The molecule has 0 radical (unpaired) electrons. The smallest absolute Gasteiger partial charge is 0.230 e. The van der Waals surface area contributed by atoms with E-state index in [1.807, 2.05) is 0 Å². The highest BCUT2D eigenvalue weighted by molar-refractivity contribution is 8.00. The fourth-order valence-electron chi connectivity index (χ4n) is 2.12. The van der Waals surface area contributed by atoms with E-state index in [-0.39, 0.29) is 5.91 Å². The molecule has 0 spiro atoms. The summed E-state index contributed by atoms with van der Waals surface area (Å²) in [5.41, 5.74) is 6.49. The van der Waals surface area contributed by atoms with Gasteiger partial charge >= 0.3 is 0 Å². The highest BCUT2D eigenvalue weighted by Crippen LogP contribution is 2.28. The van der Waals surface area contributed by atoms with Crippen LogP contribution in [0.25, 0.3) is 0 Å². The number of nitrogens with two attached hydrogens (primary N) is 1. The van der Waals surface area contributed by atoms with Crippen LogP contribution in [-0.2, 0) is 4.79 Å². The topological polar surface area (TPSA) is 55.1 Å². The van der Waals surface area contributed by atoms with E-state index in [2.05, 4.69) is 5.32 Å². The van der Waals surface area contributed by atoms with Gasteiger partial charge < -0.3 is 11.1 Å². The first-order valence-electron chi connectivity index (χ1n) is 6.12. The van der Waals surface area contributed by atoms with Crippen LogP contribution in [-0.4, -0.2) is 17.7 Å². The predicted molar refractivity (Wildman–Crippen MR) is 77.0 cm³/mol. The minimum absolute atomic E-state index is 0.0753. The Morgan fingerprint density at radius 1 is 1.44 bits per heavy atom. The van der Waals surface area contributed by atoms with Crippen molar-refractivity contribution in [2.75, 3.05) is 11.5 Å². The minimum Gasteiger partial charge on any atom is -0.398 e. The van der Waals surface area contributed by atoms with Gasteiger partial charge in [0, 0.05) is 21.6 Å². The standard InChI is InChI=1S/C13H17ClN2OS/c14-9-5-6-11(15)12(7-9)18-8-13(17)16-10-3-1-2-4-10/h5-7,10H,1-4,8,15H2,(H,16,17). The number of amides is 1. The third-order valence-corrected chi connectivity index (χ3v) is 4.36. The van der Waals surface area contributed by atoms with E-state index < -0.39 is 0 Å². The van der Waals surface area contributed by atoms with Crippen molar-refractivity contribution in [1.82, 2.24) is 5.32 Å². The predicted octanol–water partition coefficient (Wildman–Crippen LogP) is 3.07. The van der Waals surface area contributed by atoms with E-state index in [9.17, 15) is 4.79 Å². The summed E-state index contributed by atoms with van der Waals surface area (Å²) in [6.45, 7) is 0. The largest absolute Gasteiger partial charge is 0.398 e. The van der Waals surface area contributed by atoms with Gasteiger partial charge in [0.15, 0.2) is 0 Å². The molecule has 2 rings (SSSR count). The SMILES string of the molecule is Nc1ccc(Cl)cc1SCC(=O)NC1CCCC1. The van der Waals surface area contributed by atoms with Gasteiger partial charge in [-0.1, -0.05) is 24.4 Å². The zero-order chi connectivity index (χ0) is 13.0. The number of thioether (sulfide) groups is 1. The first kappa shape index (κ1) is 13.6. The molecule has 1 aliphatic rings. The summed E-state index contributed by atoms with van der Waals surface area (Å²) in [5, 5.41) is 3.69. The van der Waals surface area contributed by atoms with Crippen molar-refractivity contribution in [2.45, 2.75) is 36.6 Å². The van der Waals surface area contributed by atoms with Gasteiger partial charge in [-0.2, -0.15) is 0 Å². The molecule has 0 saturated heterocycles. The Bertz CT molecular complexity index is 433. The number of carbonyl (C=O) groups is 1. The summed E-state index contributed by atoms with van der Waals surface area (Å²) in [4.78, 5) is 12.6. The third-order valence-electron chi connectivity index (χ3n) is 3.05. The number of rotatable bonds is 4. The lowest BCUT2D eigenvalue weighted by Gasteiger charge is -2.12. The molecule has 1 aliphatic carbocycles. The summed E-state index contributed by atoms with van der Waals surface area (Å²) < 4.78 is 0. The van der Waals surface area contributed by atoms with Crippen molar-refractivity contribution in [2.24, 2.45) is 0 Å². The molecule has 98 valence electrons. The maximum atomic E-state index is 11.8. The van der Waals surface area contributed by atoms with Crippen molar-refractivity contribution in [1.29, 1.82) is 0 Å². The second kappa shape index (κ2) is 6.34. The monoisotopic (exact) mass is 284 g/mol. The molecular weight excluding hydrogens is 268 g/mol. The van der Waals surface area contributed by atoms with Crippen molar-refractivity contribution in [3.63, 3.8) is 0 Å². The zero-order valence-corrected chi connectivity index (χ0v) is 11.7. The normalized spacial score (nSPS) is 15.8. The number of hydrogen-bond donors (Lipinski definition) is 2. The fourth-order valence-corrected chi connectivity index (χ4v) is 3.17. The van der Waals surface area contributed by atoms with Crippen LogP contribution >= 0.6 is 23.4 Å². The van der Waals surface area contributed by atoms with Crippen LogP contribution in [0.15, 0.2) is 23.1 Å². The Morgan fingerprint density at radius 3 is 2.89 bits per heavy atom. The Hall–Kier alpha value is -0.870. The van der Waals surface area contributed by atoms with Crippen molar-refractivity contribution in [3.05, 3.63) is 23.2 Å². The number of nitrogen functional groups attached to an aromatic ring is 1. The summed E-state index contributed by atoms with van der Waals surface area (Å²) in [6.07, 6.45) is 4.66. The van der Waals surface area contributed by atoms with Crippen LogP contribution < -0.4 is 11.1 Å². The molecule has 18 heavy (non-hydrogen) atoms. The summed E-state index contributed by atoms with van der Waals surface area (Å²) >= 11 is 7.33. The van der Waals surface area contributed by atoms with Crippen LogP contribution in [0.2, 0.25) is 5.02 Å². The minimum atomic E-state index is 0.0753. The molecule has 3 N–H and O–H groups in total. The van der Waals surface area contributed by atoms with Gasteiger partial charge in [-0.3, -0.25) is 4.79 Å². The van der Waals surface area contributed by atoms with Gasteiger partial charge in [-0.25, -0.2) is 0 Å². The molecule has 0 unspecified atom stereocenters. The van der Waals surface area contributed by atoms with Crippen molar-refractivity contribution in [3.8, 4) is 0 Å². The van der Waals surface area contributed by atoms with Crippen LogP contribution in [0.1, 0.15) is 25.7 Å². The molecule has 0 aromatic heterocycles. The van der Waals surface area contributed by atoms with E-state index in [1.54, 1.807) is 18.2 Å². The summed E-state index contributed by atoms with van der Waals surface area (Å²) in [6, 6.07) is 5.68. The first-order valence-corrected chi connectivity index (χ1v) is 7.48. The van der Waals surface area contributed by atoms with Gasteiger partial charge in [0.2, 0.25) is 5.91 Å². The number of anilines is 1. The lowest BCUT2D eigenvalue weighted by atomic mass is 10.2. The maximum Gasteiger partial charge on any atom is 0.230 e. The van der Waals surface area contributed by atoms with Gasteiger partial charge in [0.1, 0.15) is 0 Å². The Morgan fingerprint density at radius 2 is 2.17 bits per heavy atom. The van der Waals surface area contributed by atoms with E-state index in [4.69, 9.17) is 17.3 Å². The highest BCUT2D eigenvalue weighted by Gasteiger charge is 2.17. The summed E-state index contributed by atoms with van der Waals surface area (Å²) in [7, 11) is 0. The molecule has 0 atom stereocenters. The van der Waals surface area contributed by atoms with Gasteiger partial charge in [-0.05, 0) is 31.0 Å². The molecule has 0 heterocycles. The second-order valence-electron chi connectivity index (χ2n) is 4.52. The number of nitrogens with one attached hydrogen (secondary N) is 1. The fraction of sp³-hybridized carbons (Fsp3) is 0.462. The number of halogens is 1. The third kappa shape index (κ3) is 3.82. The quantitative estimate of drug-likeness (QED) is 0.660. The zero-order valence-electron chi connectivity index (χ0n) is 10.1. The molecule has 3 nitrogen and oxygen atoms in total. The molecular formula is C13H17ClN2OS. The lowest BCUT2D eigenvalue weighted by molar-refractivity contribution is -0.119. The van der Waals surface area contributed by atoms with Crippen molar-refractivity contribution < 1.29 is 4.79 Å². The first-order chi connectivity index (χ1) is 8.65. The average molecular weight is 285 g/mol. The van der Waals surface area contributed by atoms with E-state index in [1.165, 1.54) is 24.6 Å². The molecule has 1 fully saturated rings. The number of benzene rings is 1. The molecule has 1 aromatic rings. The average Bonchev–Trinajstić information content (AvgIpc) is 2.83. The molecule has 1 aromatic carbocycles. The van der Waals surface area contributed by atoms with E-state index >= 15 is 0 Å². The highest BCUT2D eigenvalue weighted by atomic mass is 35.5. The number of hydrogen-bond acceptors (Lipinski definition) is 3. The van der Waals surface area contributed by atoms with Crippen molar-refractivity contribution >= 4 is 35.0 Å². The van der Waals surface area contributed by atoms with Crippen LogP contribution in [0.4, 0.5) is 5.69 Å². The van der Waals surface area contributed by atoms with E-state index in [0.29, 0.717) is 22.5 Å². The maximum absolute atomic E-state index is 11.8. The molecule has 1 amide bonds. The summed E-state index contributed by atoms with van der Waals surface area (Å²) in [5.74, 6) is 0.465. The Balaban J connectivity index is 1.83. The van der Waals surface area contributed by atoms with Gasteiger partial charge in [0.25, 0.3) is 0 Å². The van der Waals surface area contributed by atoms with E-state index in [0.717, 1.165) is 17.7 Å². The Labute approximate surface area is 116 Å². The molecule has 1 saturated carbocycles. The van der Waals surface area contributed by atoms with Crippen LogP contribution in [0, 0.1) is 0 Å². The van der Waals surface area contributed by atoms with Crippen LogP contribution in [0.5, 0.6) is 0 Å². The molecule has 0 aliphatic heterocycles. The van der Waals surface area contributed by atoms with Gasteiger partial charge in [-0.15, -0.1) is 11.8 Å². The number of carbonyl (C=O) groups excluding carboxylic acids is 1. The lowest BCUT2D eigenvalue weighted by Crippen LogP contribution is -2.33. The second-order valence-corrected chi connectivity index (χ2v) is 5.97. The van der Waals surface area contributed by atoms with Crippen LogP contribution in [0.3, 0.4) is 0 Å². The van der Waals surface area contributed by atoms with Gasteiger partial charge in [0.05, 0.1) is 5.75 Å². The molecule has 5 heteroatoms. The Kier molecular flexibility index (Phi) is 4.78. The molecule has 0 bridgehead atoms.